The van der Waals surface area contributed by atoms with Crippen molar-refractivity contribution in [3.8, 4) is 34.9 Å². The molecule has 4 aliphatic rings. The molecule has 212 valence electrons. The molecule has 0 amide bonds. The molecule has 10 heteroatoms. The van der Waals surface area contributed by atoms with Crippen LogP contribution in [-0.2, 0) is 11.3 Å². The Hall–Kier alpha value is -4.48. The Morgan fingerprint density at radius 2 is 1.98 bits per heavy atom. The number of aromatic nitrogens is 4. The first-order valence-electron chi connectivity index (χ1n) is 14.3. The molecule has 4 atom stereocenters. The Morgan fingerprint density at radius 1 is 1.10 bits per heavy atom. The van der Waals surface area contributed by atoms with Crippen LogP contribution in [-0.4, -0.2) is 74.8 Å². The van der Waals surface area contributed by atoms with Gasteiger partial charge in [-0.3, -0.25) is 4.90 Å². The van der Waals surface area contributed by atoms with E-state index in [9.17, 15) is 10.4 Å². The van der Waals surface area contributed by atoms with E-state index in [0.29, 0.717) is 36.6 Å². The minimum absolute atomic E-state index is 0.0701. The van der Waals surface area contributed by atoms with E-state index >= 15 is 0 Å². The van der Waals surface area contributed by atoms with E-state index in [0.717, 1.165) is 54.1 Å². The number of anilines is 1. The summed E-state index contributed by atoms with van der Waals surface area (Å²) in [6.07, 6.45) is 8.95. The zero-order chi connectivity index (χ0) is 28.6. The number of nitrogens with zero attached hydrogens (tertiary/aromatic N) is 7. The van der Waals surface area contributed by atoms with Crippen LogP contribution in [0, 0.1) is 29.1 Å². The largest absolute Gasteiger partial charge is 0.481 e. The summed E-state index contributed by atoms with van der Waals surface area (Å²) in [6, 6.07) is 13.4. The van der Waals surface area contributed by atoms with Gasteiger partial charge in [-0.1, -0.05) is 17.9 Å². The van der Waals surface area contributed by atoms with Crippen molar-refractivity contribution in [3.63, 3.8) is 0 Å². The van der Waals surface area contributed by atoms with Crippen molar-refractivity contribution in [2.75, 3.05) is 31.7 Å². The quantitative estimate of drug-likeness (QED) is 0.367. The summed E-state index contributed by atoms with van der Waals surface area (Å²) in [5.41, 5.74) is 5.00. The predicted molar refractivity (Wildman–Crippen MR) is 155 cm³/mol. The standard InChI is InChI=1S/C32H31N7O3/c1-41-30-7-4-23(14-35-30)17-38-26-12-27(38)20-37(19-26)29-6-5-24(15-34-29)28-10-22(3-2-21-8-9-42-31(40)11-21)18-39-32(28)25(13-33)16-36-39/h4-7,10,14-16,18,21,26-27,31,40H,8-9,11-12,17,19-20H2,1H3. The Balaban J connectivity index is 1.09. The van der Waals surface area contributed by atoms with Gasteiger partial charge in [0.2, 0.25) is 5.88 Å². The Labute approximate surface area is 244 Å². The molecular weight excluding hydrogens is 530 g/mol. The number of pyridine rings is 3. The third kappa shape index (κ3) is 5.05. The molecule has 4 aromatic rings. The van der Waals surface area contributed by atoms with Crippen molar-refractivity contribution in [3.05, 3.63) is 71.8 Å². The molecule has 4 aliphatic heterocycles. The molecule has 0 aliphatic carbocycles. The van der Waals surface area contributed by atoms with Crippen molar-refractivity contribution in [2.24, 2.45) is 5.92 Å². The monoisotopic (exact) mass is 561 g/mol. The number of aliphatic hydroxyl groups is 1. The van der Waals surface area contributed by atoms with Crippen LogP contribution in [0.2, 0.25) is 0 Å². The minimum Gasteiger partial charge on any atom is -0.481 e. The Bertz CT molecular complexity index is 1690. The van der Waals surface area contributed by atoms with Gasteiger partial charge in [-0.2, -0.15) is 10.4 Å². The number of ether oxygens (including phenoxy) is 2. The number of aliphatic hydroxyl groups excluding tert-OH is 1. The van der Waals surface area contributed by atoms with Crippen molar-refractivity contribution in [1.29, 1.82) is 5.26 Å². The maximum atomic E-state index is 9.81. The SMILES string of the molecule is COc1ccc(CN2C3CC2CN(c2ccc(-c4cc(C#CC5CCOC(O)C5)cn5ncc(C#N)c45)cn2)C3)cn1. The van der Waals surface area contributed by atoms with E-state index < -0.39 is 6.29 Å². The number of piperidine rings is 1. The summed E-state index contributed by atoms with van der Waals surface area (Å²) < 4.78 is 12.1. The molecule has 0 aromatic carbocycles. The molecule has 1 N–H and O–H groups in total. The average Bonchev–Trinajstić information content (AvgIpc) is 3.46. The van der Waals surface area contributed by atoms with Gasteiger partial charge in [0.05, 0.1) is 31.0 Å². The number of hydrogen-bond acceptors (Lipinski definition) is 9. The van der Waals surface area contributed by atoms with Crippen molar-refractivity contribution < 1.29 is 14.6 Å². The fraction of sp³-hybridized carbons (Fsp3) is 0.375. The van der Waals surface area contributed by atoms with Crippen LogP contribution in [0.4, 0.5) is 5.82 Å². The molecule has 0 spiro atoms. The minimum atomic E-state index is -0.760. The zero-order valence-corrected chi connectivity index (χ0v) is 23.3. The third-order valence-corrected chi connectivity index (χ3v) is 8.51. The van der Waals surface area contributed by atoms with Gasteiger partial charge in [0.1, 0.15) is 11.9 Å². The second-order valence-corrected chi connectivity index (χ2v) is 11.2. The third-order valence-electron chi connectivity index (χ3n) is 8.51. The second kappa shape index (κ2) is 11.1. The van der Waals surface area contributed by atoms with Gasteiger partial charge in [0.25, 0.3) is 0 Å². The van der Waals surface area contributed by atoms with E-state index in [-0.39, 0.29) is 5.92 Å². The number of piperazine rings is 1. The van der Waals surface area contributed by atoms with Gasteiger partial charge in [-0.15, -0.1) is 0 Å². The van der Waals surface area contributed by atoms with E-state index in [1.54, 1.807) is 17.8 Å². The lowest BCUT2D eigenvalue weighted by atomic mass is 9.87. The van der Waals surface area contributed by atoms with Crippen molar-refractivity contribution in [1.82, 2.24) is 24.5 Å². The van der Waals surface area contributed by atoms with Gasteiger partial charge >= 0.3 is 0 Å². The van der Waals surface area contributed by atoms with Crippen LogP contribution in [0.25, 0.3) is 16.6 Å². The second-order valence-electron chi connectivity index (χ2n) is 11.2. The Kier molecular flexibility index (Phi) is 6.96. The van der Waals surface area contributed by atoms with Gasteiger partial charge < -0.3 is 19.5 Å². The topological polar surface area (TPSA) is 112 Å². The molecule has 4 unspecified atom stereocenters. The van der Waals surface area contributed by atoms with Crippen LogP contribution >= 0.6 is 0 Å². The first-order valence-corrected chi connectivity index (χ1v) is 14.3. The smallest absolute Gasteiger partial charge is 0.212 e. The molecule has 8 heterocycles. The van der Waals surface area contributed by atoms with E-state index in [2.05, 4.69) is 56.0 Å². The molecule has 10 nitrogen and oxygen atoms in total. The first kappa shape index (κ1) is 26.4. The number of rotatable bonds is 5. The highest BCUT2D eigenvalue weighted by Crippen LogP contribution is 2.36. The van der Waals surface area contributed by atoms with E-state index in [1.807, 2.05) is 30.7 Å². The molecule has 2 bridgehead atoms. The maximum Gasteiger partial charge on any atom is 0.212 e. The lowest BCUT2D eigenvalue weighted by Gasteiger charge is -2.56. The molecule has 0 saturated carbocycles. The lowest BCUT2D eigenvalue weighted by molar-refractivity contribution is -0.131. The number of nitriles is 1. The number of fused-ring (bicyclic) bond motifs is 3. The molecule has 4 fully saturated rings. The summed E-state index contributed by atoms with van der Waals surface area (Å²) in [6.45, 7) is 3.27. The molecule has 42 heavy (non-hydrogen) atoms. The number of hydrogen-bond donors (Lipinski definition) is 1. The fourth-order valence-electron chi connectivity index (χ4n) is 6.28. The number of methoxy groups -OCH3 is 1. The molecule has 8 rings (SSSR count). The van der Waals surface area contributed by atoms with Crippen LogP contribution in [0.3, 0.4) is 0 Å². The van der Waals surface area contributed by atoms with Gasteiger partial charge in [0, 0.05) is 85.4 Å². The Morgan fingerprint density at radius 3 is 2.69 bits per heavy atom. The molecule has 4 saturated heterocycles. The van der Waals surface area contributed by atoms with Crippen molar-refractivity contribution >= 4 is 11.3 Å². The highest BCUT2D eigenvalue weighted by molar-refractivity contribution is 5.85. The predicted octanol–water partition coefficient (Wildman–Crippen LogP) is 3.23. The van der Waals surface area contributed by atoms with Gasteiger partial charge in [0.15, 0.2) is 6.29 Å². The summed E-state index contributed by atoms with van der Waals surface area (Å²) in [4.78, 5) is 14.1. The molecular formula is C32H31N7O3. The van der Waals surface area contributed by atoms with Gasteiger partial charge in [-0.05, 0) is 36.6 Å². The molecule has 0 radical (unpaired) electrons. The van der Waals surface area contributed by atoms with Gasteiger partial charge in [-0.25, -0.2) is 14.5 Å². The maximum absolute atomic E-state index is 9.81. The van der Waals surface area contributed by atoms with E-state index in [1.165, 1.54) is 12.0 Å². The summed E-state index contributed by atoms with van der Waals surface area (Å²) in [7, 11) is 1.63. The first-order chi connectivity index (χ1) is 20.6. The zero-order valence-electron chi connectivity index (χ0n) is 23.3. The summed E-state index contributed by atoms with van der Waals surface area (Å²) in [5.74, 6) is 8.21. The van der Waals surface area contributed by atoms with Crippen LogP contribution in [0.1, 0.15) is 36.0 Å². The normalized spacial score (nSPS) is 23.5. The van der Waals surface area contributed by atoms with E-state index in [4.69, 9.17) is 14.5 Å². The van der Waals surface area contributed by atoms with Crippen LogP contribution in [0.5, 0.6) is 5.88 Å². The van der Waals surface area contributed by atoms with Crippen LogP contribution < -0.4 is 9.64 Å². The highest BCUT2D eigenvalue weighted by atomic mass is 16.6. The average molecular weight is 562 g/mol. The lowest BCUT2D eigenvalue weighted by Crippen LogP contribution is -2.68. The summed E-state index contributed by atoms with van der Waals surface area (Å²) in [5, 5.41) is 24.0. The van der Waals surface area contributed by atoms with Crippen molar-refractivity contribution in [2.45, 2.75) is 44.2 Å². The highest BCUT2D eigenvalue weighted by Gasteiger charge is 2.44. The van der Waals surface area contributed by atoms with Crippen LogP contribution in [0.15, 0.2) is 55.1 Å². The summed E-state index contributed by atoms with van der Waals surface area (Å²) >= 11 is 0. The molecule has 4 aromatic heterocycles. The fourth-order valence-corrected chi connectivity index (χ4v) is 6.28.